The predicted molar refractivity (Wildman–Crippen MR) is 63.0 cm³/mol. The van der Waals surface area contributed by atoms with Crippen LogP contribution in [0.25, 0.3) is 0 Å². The van der Waals surface area contributed by atoms with E-state index in [4.69, 9.17) is 11.6 Å². The van der Waals surface area contributed by atoms with Gasteiger partial charge < -0.3 is 5.11 Å². The fourth-order valence-corrected chi connectivity index (χ4v) is 1.62. The third-order valence-corrected chi connectivity index (χ3v) is 2.57. The molecule has 2 aromatic carbocycles. The summed E-state index contributed by atoms with van der Waals surface area (Å²) in [6.07, 6.45) is 0. The molecule has 2 aromatic rings. The molecule has 0 bridgehead atoms. The Kier molecular flexibility index (Phi) is 2.93. The van der Waals surface area contributed by atoms with Gasteiger partial charge in [0.05, 0.1) is 10.6 Å². The first-order valence-corrected chi connectivity index (χ1v) is 5.15. The number of phenolic OH excluding ortho intramolecular Hbond substituents is 1. The van der Waals surface area contributed by atoms with E-state index < -0.39 is 0 Å². The van der Waals surface area contributed by atoms with Crippen LogP contribution in [0.1, 0.15) is 15.9 Å². The predicted octanol–water partition coefficient (Wildman–Crippen LogP) is 3.28. The van der Waals surface area contributed by atoms with Crippen LogP contribution in [0.15, 0.2) is 48.5 Å². The van der Waals surface area contributed by atoms with Crippen molar-refractivity contribution in [1.82, 2.24) is 0 Å². The van der Waals surface area contributed by atoms with Crippen molar-refractivity contribution in [2.45, 2.75) is 0 Å². The Bertz CT molecular complexity index is 521. The molecule has 0 radical (unpaired) electrons. The Morgan fingerprint density at radius 3 is 2.38 bits per heavy atom. The second-order valence-corrected chi connectivity index (χ2v) is 3.74. The van der Waals surface area contributed by atoms with Crippen LogP contribution in [0.3, 0.4) is 0 Å². The van der Waals surface area contributed by atoms with Crippen LogP contribution < -0.4 is 0 Å². The zero-order valence-corrected chi connectivity index (χ0v) is 9.11. The third-order valence-electron chi connectivity index (χ3n) is 2.27. The summed E-state index contributed by atoms with van der Waals surface area (Å²) in [5.74, 6) is -0.404. The molecular weight excluding hydrogens is 224 g/mol. The molecule has 0 aromatic heterocycles. The number of para-hydroxylation sites is 1. The summed E-state index contributed by atoms with van der Waals surface area (Å²) in [4.78, 5) is 12.0. The van der Waals surface area contributed by atoms with Crippen LogP contribution in [0.5, 0.6) is 5.75 Å². The molecule has 0 saturated heterocycles. The number of ketones is 1. The van der Waals surface area contributed by atoms with Gasteiger partial charge in [-0.2, -0.15) is 0 Å². The highest BCUT2D eigenvalue weighted by molar-refractivity contribution is 6.33. The van der Waals surface area contributed by atoms with Gasteiger partial charge in [-0.25, -0.2) is 0 Å². The van der Waals surface area contributed by atoms with Crippen molar-refractivity contribution in [3.8, 4) is 5.75 Å². The lowest BCUT2D eigenvalue weighted by molar-refractivity contribution is 0.103. The summed E-state index contributed by atoms with van der Waals surface area (Å²) in [6.45, 7) is 0. The van der Waals surface area contributed by atoms with Gasteiger partial charge in [-0.05, 0) is 12.1 Å². The minimum Gasteiger partial charge on any atom is -0.506 e. The van der Waals surface area contributed by atoms with Gasteiger partial charge in [0.1, 0.15) is 5.75 Å². The van der Waals surface area contributed by atoms with E-state index in [0.717, 1.165) is 0 Å². The van der Waals surface area contributed by atoms with E-state index in [2.05, 4.69) is 0 Å². The lowest BCUT2D eigenvalue weighted by atomic mass is 10.0. The number of hydrogen-bond donors (Lipinski definition) is 1. The normalized spacial score (nSPS) is 10.1. The second-order valence-electron chi connectivity index (χ2n) is 3.33. The zero-order chi connectivity index (χ0) is 11.5. The van der Waals surface area contributed by atoms with Gasteiger partial charge in [-0.1, -0.05) is 48.0 Å². The topological polar surface area (TPSA) is 37.3 Å². The monoisotopic (exact) mass is 232 g/mol. The average Bonchev–Trinajstić information content (AvgIpc) is 2.33. The molecule has 80 valence electrons. The lowest BCUT2D eigenvalue weighted by Gasteiger charge is -2.04. The molecular formula is C13H9ClO2. The molecule has 0 amide bonds. The fourth-order valence-electron chi connectivity index (χ4n) is 1.44. The van der Waals surface area contributed by atoms with Crippen molar-refractivity contribution in [3.63, 3.8) is 0 Å². The van der Waals surface area contributed by atoms with Gasteiger partial charge in [-0.3, -0.25) is 4.79 Å². The van der Waals surface area contributed by atoms with Crippen LogP contribution >= 0.6 is 11.6 Å². The summed E-state index contributed by atoms with van der Waals surface area (Å²) in [7, 11) is 0. The Morgan fingerprint density at radius 2 is 1.69 bits per heavy atom. The minimum absolute atomic E-state index is 0.169. The van der Waals surface area contributed by atoms with Crippen molar-refractivity contribution in [2.75, 3.05) is 0 Å². The highest BCUT2D eigenvalue weighted by Gasteiger charge is 2.14. The van der Waals surface area contributed by atoms with Gasteiger partial charge in [-0.15, -0.1) is 0 Å². The van der Waals surface area contributed by atoms with Crippen molar-refractivity contribution in [3.05, 3.63) is 64.7 Å². The number of benzene rings is 2. The fraction of sp³-hybridized carbons (Fsp3) is 0. The molecule has 16 heavy (non-hydrogen) atoms. The van der Waals surface area contributed by atoms with Crippen LogP contribution in [-0.4, -0.2) is 10.9 Å². The molecule has 0 aliphatic heterocycles. The highest BCUT2D eigenvalue weighted by Crippen LogP contribution is 2.28. The van der Waals surface area contributed by atoms with E-state index in [1.54, 1.807) is 42.5 Å². The number of carbonyl (C=O) groups excluding carboxylic acids is 1. The zero-order valence-electron chi connectivity index (χ0n) is 8.35. The maximum Gasteiger partial charge on any atom is 0.196 e. The number of phenols is 1. The molecule has 0 unspecified atom stereocenters. The van der Waals surface area contributed by atoms with Gasteiger partial charge in [0.15, 0.2) is 5.78 Å². The summed E-state index contributed by atoms with van der Waals surface area (Å²) < 4.78 is 0. The smallest absolute Gasteiger partial charge is 0.196 e. The highest BCUT2D eigenvalue weighted by atomic mass is 35.5. The molecule has 2 rings (SSSR count). The number of halogens is 1. The Morgan fingerprint density at radius 1 is 1.00 bits per heavy atom. The van der Waals surface area contributed by atoms with Crippen LogP contribution in [0.4, 0.5) is 0 Å². The Hall–Kier alpha value is -1.80. The molecule has 2 nitrogen and oxygen atoms in total. The third kappa shape index (κ3) is 1.92. The first-order valence-electron chi connectivity index (χ1n) is 4.77. The summed E-state index contributed by atoms with van der Waals surface area (Å²) >= 11 is 5.74. The first-order chi connectivity index (χ1) is 7.70. The minimum atomic E-state index is -0.236. The van der Waals surface area contributed by atoms with Gasteiger partial charge in [0.2, 0.25) is 0 Å². The van der Waals surface area contributed by atoms with E-state index in [0.29, 0.717) is 5.56 Å². The summed E-state index contributed by atoms with van der Waals surface area (Å²) in [6, 6.07) is 13.5. The van der Waals surface area contributed by atoms with Crippen LogP contribution in [-0.2, 0) is 0 Å². The Labute approximate surface area is 98.1 Å². The van der Waals surface area contributed by atoms with Gasteiger partial charge in [0, 0.05) is 5.56 Å². The SMILES string of the molecule is O=C(c1ccccc1)c1cccc(Cl)c1O. The number of aromatic hydroxyl groups is 1. The molecule has 0 aliphatic carbocycles. The number of rotatable bonds is 2. The average molecular weight is 233 g/mol. The van der Waals surface area contributed by atoms with Gasteiger partial charge >= 0.3 is 0 Å². The molecule has 0 saturated carbocycles. The van der Waals surface area contributed by atoms with Crippen molar-refractivity contribution >= 4 is 17.4 Å². The largest absolute Gasteiger partial charge is 0.506 e. The number of hydrogen-bond acceptors (Lipinski definition) is 2. The molecule has 0 aliphatic rings. The van der Waals surface area contributed by atoms with Crippen LogP contribution in [0, 0.1) is 0 Å². The summed E-state index contributed by atoms with van der Waals surface area (Å²) in [5.41, 5.74) is 0.749. The molecule has 0 heterocycles. The first kappa shape index (κ1) is 10.7. The van der Waals surface area contributed by atoms with Gasteiger partial charge in [0.25, 0.3) is 0 Å². The van der Waals surface area contributed by atoms with Crippen molar-refractivity contribution in [1.29, 1.82) is 0 Å². The number of carbonyl (C=O) groups is 1. The van der Waals surface area contributed by atoms with E-state index in [1.807, 2.05) is 6.07 Å². The van der Waals surface area contributed by atoms with E-state index in [-0.39, 0.29) is 22.1 Å². The quantitative estimate of drug-likeness (QED) is 0.807. The van der Waals surface area contributed by atoms with E-state index in [9.17, 15) is 9.90 Å². The lowest BCUT2D eigenvalue weighted by Crippen LogP contribution is -2.01. The maximum atomic E-state index is 12.0. The molecule has 3 heteroatoms. The molecule has 0 fully saturated rings. The van der Waals surface area contributed by atoms with Crippen molar-refractivity contribution in [2.24, 2.45) is 0 Å². The maximum absolute atomic E-state index is 12.0. The summed E-state index contributed by atoms with van der Waals surface area (Å²) in [5, 5.41) is 9.86. The molecule has 0 atom stereocenters. The molecule has 0 spiro atoms. The van der Waals surface area contributed by atoms with Crippen LogP contribution in [0.2, 0.25) is 5.02 Å². The van der Waals surface area contributed by atoms with E-state index in [1.165, 1.54) is 0 Å². The van der Waals surface area contributed by atoms with E-state index >= 15 is 0 Å². The molecule has 1 N–H and O–H groups in total. The Balaban J connectivity index is 2.46. The second kappa shape index (κ2) is 4.37. The van der Waals surface area contributed by atoms with Crippen molar-refractivity contribution < 1.29 is 9.90 Å². The standard InChI is InChI=1S/C13H9ClO2/c14-11-8-4-7-10(13(11)16)12(15)9-5-2-1-3-6-9/h1-8,16H.